The van der Waals surface area contributed by atoms with Gasteiger partial charge in [0.05, 0.1) is 12.6 Å². The number of aliphatic hydroxyl groups is 1. The third kappa shape index (κ3) is 13.7. The van der Waals surface area contributed by atoms with Gasteiger partial charge >= 0.3 is 5.97 Å². The average molecular weight is 659 g/mol. The van der Waals surface area contributed by atoms with Crippen molar-refractivity contribution in [2.45, 2.75) is 98.4 Å². The molecule has 12 heteroatoms. The van der Waals surface area contributed by atoms with Crippen molar-refractivity contribution in [3.63, 3.8) is 0 Å². The SMILES string of the molecule is CCC(C)[C@H](NC(=O)CN(C)C(=O)[C@@H](Cc1ccccc1)N(C)C(=O)[C@H](C)NC(=O)[C@@H](CC(C)C)OC(=O)/C(C)=C/CCO)C(C)=O. The lowest BCUT2D eigenvalue weighted by molar-refractivity contribution is -0.154. The maximum atomic E-state index is 13.8. The molecule has 0 aliphatic heterocycles. The Balaban J connectivity index is 3.17. The van der Waals surface area contributed by atoms with Gasteiger partial charge < -0.3 is 30.3 Å². The van der Waals surface area contributed by atoms with E-state index in [4.69, 9.17) is 9.84 Å². The van der Waals surface area contributed by atoms with Gasteiger partial charge in [0.1, 0.15) is 12.1 Å². The van der Waals surface area contributed by atoms with Crippen LogP contribution >= 0.6 is 0 Å². The summed E-state index contributed by atoms with van der Waals surface area (Å²) in [6, 6.07) is 6.31. The fourth-order valence-corrected chi connectivity index (χ4v) is 4.92. The van der Waals surface area contributed by atoms with Crippen LogP contribution in [-0.4, -0.2) is 102 Å². The van der Waals surface area contributed by atoms with E-state index in [9.17, 15) is 28.8 Å². The number of carbonyl (C=O) groups is 6. The van der Waals surface area contributed by atoms with Crippen LogP contribution < -0.4 is 10.6 Å². The van der Waals surface area contributed by atoms with E-state index in [2.05, 4.69) is 10.6 Å². The van der Waals surface area contributed by atoms with Crippen LogP contribution in [0.1, 0.15) is 73.3 Å². The van der Waals surface area contributed by atoms with E-state index in [0.29, 0.717) is 6.42 Å². The molecule has 0 aromatic heterocycles. The minimum absolute atomic E-state index is 0.00881. The van der Waals surface area contributed by atoms with Crippen LogP contribution in [0.4, 0.5) is 0 Å². The standard InChI is InChI=1S/C35H54N4O8/c1-10-23(4)31(26(7)41)37-30(42)21-38(8)34(45)28(20-27-16-12-11-13-17-27)39(9)33(44)25(6)36-32(43)29(19-22(2)3)47-35(46)24(5)15-14-18-40/h11-13,15-17,22-23,25,28-29,31,40H,10,14,18-21H2,1-9H3,(H,36,43)(H,37,42)/b24-15+/t23?,25-,28+,29+,31-/m0/s1. The minimum atomic E-state index is -1.17. The molecule has 12 nitrogen and oxygen atoms in total. The summed E-state index contributed by atoms with van der Waals surface area (Å²) >= 11 is 0. The van der Waals surface area contributed by atoms with Crippen molar-refractivity contribution in [3.8, 4) is 0 Å². The molecule has 47 heavy (non-hydrogen) atoms. The Hall–Kier alpha value is -4.06. The molecule has 3 N–H and O–H groups in total. The number of ketones is 1. The number of aliphatic hydroxyl groups excluding tert-OH is 1. The Morgan fingerprint density at radius 1 is 0.936 bits per heavy atom. The maximum absolute atomic E-state index is 13.8. The molecule has 262 valence electrons. The van der Waals surface area contributed by atoms with Crippen LogP contribution in [0, 0.1) is 11.8 Å². The van der Waals surface area contributed by atoms with Gasteiger partial charge in [-0.05, 0) is 51.0 Å². The Bertz CT molecular complexity index is 1250. The Morgan fingerprint density at radius 2 is 1.55 bits per heavy atom. The first-order valence-electron chi connectivity index (χ1n) is 16.2. The van der Waals surface area contributed by atoms with E-state index < -0.39 is 53.8 Å². The Kier molecular flexibility index (Phi) is 17.6. The summed E-state index contributed by atoms with van der Waals surface area (Å²) in [5, 5.41) is 14.4. The highest BCUT2D eigenvalue weighted by atomic mass is 16.5. The van der Waals surface area contributed by atoms with Crippen LogP contribution in [0.15, 0.2) is 42.0 Å². The number of rotatable bonds is 19. The summed E-state index contributed by atoms with van der Waals surface area (Å²) in [7, 11) is 2.91. The zero-order valence-electron chi connectivity index (χ0n) is 29.4. The van der Waals surface area contributed by atoms with Crippen LogP contribution in [0.3, 0.4) is 0 Å². The zero-order chi connectivity index (χ0) is 35.8. The molecular weight excluding hydrogens is 604 g/mol. The maximum Gasteiger partial charge on any atom is 0.334 e. The molecule has 0 radical (unpaired) electrons. The van der Waals surface area contributed by atoms with Crippen molar-refractivity contribution in [1.29, 1.82) is 0 Å². The third-order valence-corrected chi connectivity index (χ3v) is 7.95. The summed E-state index contributed by atoms with van der Waals surface area (Å²) in [4.78, 5) is 80.8. The van der Waals surface area contributed by atoms with Gasteiger partial charge in [0.2, 0.25) is 17.7 Å². The highest BCUT2D eigenvalue weighted by molar-refractivity contribution is 5.95. The highest BCUT2D eigenvalue weighted by Crippen LogP contribution is 2.15. The normalized spacial score (nSPS) is 14.7. The molecule has 0 heterocycles. The second-order valence-corrected chi connectivity index (χ2v) is 12.5. The van der Waals surface area contributed by atoms with Gasteiger partial charge in [-0.15, -0.1) is 0 Å². The monoisotopic (exact) mass is 658 g/mol. The second-order valence-electron chi connectivity index (χ2n) is 12.5. The van der Waals surface area contributed by atoms with E-state index >= 15 is 0 Å². The van der Waals surface area contributed by atoms with Gasteiger partial charge in [0.15, 0.2) is 11.9 Å². The molecule has 5 atom stereocenters. The first kappa shape index (κ1) is 41.0. The molecule has 0 aliphatic rings. The lowest BCUT2D eigenvalue weighted by Crippen LogP contribution is -2.56. The summed E-state index contributed by atoms with van der Waals surface area (Å²) in [5.74, 6) is -3.19. The molecule has 0 fully saturated rings. The number of ether oxygens (including phenoxy) is 1. The topological polar surface area (TPSA) is 162 Å². The number of amides is 4. The Labute approximate surface area is 279 Å². The van der Waals surface area contributed by atoms with Crippen LogP contribution in [-0.2, 0) is 39.9 Å². The average Bonchev–Trinajstić information content (AvgIpc) is 3.03. The predicted molar refractivity (Wildman–Crippen MR) is 179 cm³/mol. The molecular formula is C35H54N4O8. The lowest BCUT2D eigenvalue weighted by Gasteiger charge is -2.33. The molecule has 0 saturated heterocycles. The number of hydrogen-bond acceptors (Lipinski definition) is 8. The third-order valence-electron chi connectivity index (χ3n) is 7.95. The number of likely N-dealkylation sites (N-methyl/N-ethyl adjacent to an activating group) is 2. The number of hydrogen-bond donors (Lipinski definition) is 3. The summed E-state index contributed by atoms with van der Waals surface area (Å²) in [6.45, 7) is 11.5. The van der Waals surface area contributed by atoms with Crippen LogP contribution in [0.5, 0.6) is 0 Å². The molecule has 1 unspecified atom stereocenters. The minimum Gasteiger partial charge on any atom is -0.449 e. The van der Waals surface area contributed by atoms with Gasteiger partial charge in [-0.25, -0.2) is 4.79 Å². The van der Waals surface area contributed by atoms with Gasteiger partial charge in [-0.3, -0.25) is 24.0 Å². The summed E-state index contributed by atoms with van der Waals surface area (Å²) in [5.41, 5.74) is 1.03. The fourth-order valence-electron chi connectivity index (χ4n) is 4.92. The number of benzene rings is 1. The quantitative estimate of drug-likeness (QED) is 0.151. The van der Waals surface area contributed by atoms with E-state index in [1.807, 2.05) is 58.0 Å². The van der Waals surface area contributed by atoms with E-state index in [1.165, 1.54) is 50.7 Å². The van der Waals surface area contributed by atoms with Crippen molar-refractivity contribution in [2.24, 2.45) is 11.8 Å². The van der Waals surface area contributed by atoms with Gasteiger partial charge in [0.25, 0.3) is 5.91 Å². The van der Waals surface area contributed by atoms with Crippen LogP contribution in [0.25, 0.3) is 0 Å². The molecule has 1 rings (SSSR count). The number of nitrogens with one attached hydrogen (secondary N) is 2. The molecule has 0 saturated carbocycles. The molecule has 4 amide bonds. The highest BCUT2D eigenvalue weighted by Gasteiger charge is 2.35. The molecule has 1 aromatic rings. The van der Waals surface area contributed by atoms with Crippen molar-refractivity contribution < 1.29 is 38.6 Å². The molecule has 0 spiro atoms. The number of esters is 1. The van der Waals surface area contributed by atoms with Crippen molar-refractivity contribution in [2.75, 3.05) is 27.2 Å². The second kappa shape index (κ2) is 20.2. The first-order chi connectivity index (χ1) is 22.0. The molecule has 0 aliphatic carbocycles. The van der Waals surface area contributed by atoms with Gasteiger partial charge in [-0.2, -0.15) is 0 Å². The first-order valence-corrected chi connectivity index (χ1v) is 16.2. The van der Waals surface area contributed by atoms with Crippen molar-refractivity contribution >= 4 is 35.4 Å². The zero-order valence-corrected chi connectivity index (χ0v) is 29.4. The van der Waals surface area contributed by atoms with Gasteiger partial charge in [-0.1, -0.05) is 70.5 Å². The Morgan fingerprint density at radius 3 is 2.09 bits per heavy atom. The summed E-state index contributed by atoms with van der Waals surface area (Å²) in [6.07, 6.45) is 1.66. The van der Waals surface area contributed by atoms with Crippen molar-refractivity contribution in [1.82, 2.24) is 20.4 Å². The number of Topliss-reactive ketones (excluding diaryl/α,β-unsaturated/α-hetero) is 1. The number of carbonyl (C=O) groups excluding carboxylic acids is 6. The fraction of sp³-hybridized carbons (Fsp3) is 0.600. The van der Waals surface area contributed by atoms with Gasteiger partial charge in [0, 0.05) is 32.7 Å². The smallest absolute Gasteiger partial charge is 0.334 e. The van der Waals surface area contributed by atoms with E-state index in [-0.39, 0.29) is 55.6 Å². The largest absolute Gasteiger partial charge is 0.449 e. The predicted octanol–water partition coefficient (Wildman–Crippen LogP) is 2.43. The molecule has 0 bridgehead atoms. The van der Waals surface area contributed by atoms with E-state index in [1.54, 1.807) is 0 Å². The van der Waals surface area contributed by atoms with E-state index in [0.717, 1.165) is 5.56 Å². The van der Waals surface area contributed by atoms with Crippen molar-refractivity contribution in [3.05, 3.63) is 47.5 Å². The number of nitrogens with zero attached hydrogens (tertiary/aromatic N) is 2. The molecule has 1 aromatic carbocycles. The lowest BCUT2D eigenvalue weighted by atomic mass is 9.96. The summed E-state index contributed by atoms with van der Waals surface area (Å²) < 4.78 is 5.47. The van der Waals surface area contributed by atoms with Crippen LogP contribution in [0.2, 0.25) is 0 Å².